The maximum absolute atomic E-state index is 11.6. The summed E-state index contributed by atoms with van der Waals surface area (Å²) in [4.78, 5) is 10.7. The normalized spacial score (nSPS) is 15.0. The van der Waals surface area contributed by atoms with Crippen molar-refractivity contribution in [3.8, 4) is 0 Å². The Balaban J connectivity index is 3.97. The van der Waals surface area contributed by atoms with Crippen LogP contribution < -0.4 is 0 Å². The van der Waals surface area contributed by atoms with E-state index in [1.54, 1.807) is 6.92 Å². The van der Waals surface area contributed by atoms with Crippen LogP contribution >= 0.6 is 7.60 Å². The van der Waals surface area contributed by atoms with E-state index >= 15 is 0 Å². The molecule has 6 heteroatoms. The molecule has 0 spiro atoms. The third-order valence-electron chi connectivity index (χ3n) is 1.42. The molecule has 0 amide bonds. The maximum atomic E-state index is 11.6. The van der Waals surface area contributed by atoms with E-state index in [-0.39, 0.29) is 12.6 Å². The number of ether oxygens (including phenoxy) is 1. The Morgan fingerprint density at radius 3 is 2.38 bits per heavy atom. The molecule has 0 aromatic rings. The lowest BCUT2D eigenvalue weighted by molar-refractivity contribution is -0.140. The van der Waals surface area contributed by atoms with Crippen LogP contribution in [0.3, 0.4) is 0 Å². The fourth-order valence-corrected chi connectivity index (χ4v) is 2.00. The van der Waals surface area contributed by atoms with Gasteiger partial charge in [0.15, 0.2) is 0 Å². The van der Waals surface area contributed by atoms with Gasteiger partial charge in [0, 0.05) is 7.11 Å². The summed E-state index contributed by atoms with van der Waals surface area (Å²) >= 11 is 0. The molecule has 0 fully saturated rings. The molecule has 0 rings (SSSR count). The lowest BCUT2D eigenvalue weighted by Crippen LogP contribution is -2.06. The van der Waals surface area contributed by atoms with E-state index in [2.05, 4.69) is 4.74 Å². The minimum absolute atomic E-state index is 0.0433. The molecule has 0 saturated carbocycles. The fourth-order valence-electron chi connectivity index (χ4n) is 0.736. The van der Waals surface area contributed by atoms with Gasteiger partial charge in [-0.1, -0.05) is 0 Å². The van der Waals surface area contributed by atoms with Crippen LogP contribution in [-0.4, -0.2) is 33.0 Å². The monoisotopic (exact) mass is 210 g/mol. The first-order valence-electron chi connectivity index (χ1n) is 3.94. The molecule has 0 bridgehead atoms. The second kappa shape index (κ2) is 6.13. The number of methoxy groups -OCH3 is 1. The number of hydrogen-bond donors (Lipinski definition) is 0. The van der Waals surface area contributed by atoms with Crippen LogP contribution in [0.1, 0.15) is 13.3 Å². The quantitative estimate of drug-likeness (QED) is 0.490. The summed E-state index contributed by atoms with van der Waals surface area (Å²) in [6.07, 6.45) is 0.103. The highest BCUT2D eigenvalue weighted by Gasteiger charge is 2.23. The average Bonchev–Trinajstić information content (AvgIpc) is 2.15. The van der Waals surface area contributed by atoms with Crippen LogP contribution in [0, 0.1) is 0 Å². The van der Waals surface area contributed by atoms with E-state index < -0.39 is 13.6 Å². The molecule has 5 nitrogen and oxygen atoms in total. The highest BCUT2D eigenvalue weighted by atomic mass is 31.2. The Labute approximate surface area is 77.9 Å². The van der Waals surface area contributed by atoms with E-state index in [0.717, 1.165) is 0 Å². The maximum Gasteiger partial charge on any atom is 0.330 e. The summed E-state index contributed by atoms with van der Waals surface area (Å²) in [6.45, 7) is 2.01. The molecule has 0 aliphatic rings. The smallest absolute Gasteiger partial charge is 0.330 e. The zero-order valence-corrected chi connectivity index (χ0v) is 9.00. The van der Waals surface area contributed by atoms with Crippen molar-refractivity contribution in [3.63, 3.8) is 0 Å². The van der Waals surface area contributed by atoms with E-state index in [1.807, 2.05) is 0 Å². The van der Waals surface area contributed by atoms with Crippen LogP contribution in [-0.2, 0) is 23.1 Å². The van der Waals surface area contributed by atoms with Crippen LogP contribution in [0.4, 0.5) is 0 Å². The fraction of sp³-hybridized carbons (Fsp3) is 0.857. The second-order valence-corrected chi connectivity index (χ2v) is 4.55. The predicted molar refractivity (Wildman–Crippen MR) is 47.7 cm³/mol. The molecule has 0 heterocycles. The first kappa shape index (κ1) is 12.6. The van der Waals surface area contributed by atoms with Gasteiger partial charge in [-0.25, -0.2) is 0 Å². The van der Waals surface area contributed by atoms with Crippen molar-refractivity contribution >= 4 is 13.6 Å². The predicted octanol–water partition coefficient (Wildman–Crippen LogP) is 1.43. The van der Waals surface area contributed by atoms with Crippen molar-refractivity contribution in [2.75, 3.05) is 27.0 Å². The van der Waals surface area contributed by atoms with Crippen molar-refractivity contribution in [2.24, 2.45) is 0 Å². The number of rotatable bonds is 6. The van der Waals surface area contributed by atoms with E-state index in [0.29, 0.717) is 6.61 Å². The first-order chi connectivity index (χ1) is 6.08. The Morgan fingerprint density at radius 2 is 2.00 bits per heavy atom. The molecule has 13 heavy (non-hydrogen) atoms. The van der Waals surface area contributed by atoms with Crippen molar-refractivity contribution in [1.29, 1.82) is 0 Å². The van der Waals surface area contributed by atoms with Crippen molar-refractivity contribution in [3.05, 3.63) is 0 Å². The van der Waals surface area contributed by atoms with Gasteiger partial charge in [0.25, 0.3) is 0 Å². The molecule has 1 atom stereocenters. The number of hydrogen-bond acceptors (Lipinski definition) is 5. The highest BCUT2D eigenvalue weighted by Crippen LogP contribution is 2.47. The van der Waals surface area contributed by atoms with Gasteiger partial charge in [0.2, 0.25) is 0 Å². The van der Waals surface area contributed by atoms with Gasteiger partial charge in [-0.15, -0.1) is 0 Å². The van der Waals surface area contributed by atoms with E-state index in [9.17, 15) is 9.36 Å². The molecule has 0 N–H and O–H groups in total. The molecule has 0 aliphatic heterocycles. The van der Waals surface area contributed by atoms with Gasteiger partial charge in [-0.3, -0.25) is 9.36 Å². The first-order valence-corrected chi connectivity index (χ1v) is 5.67. The molecule has 0 saturated heterocycles. The SMILES string of the molecule is CCOP(=O)(CCC(=O)OC)OC. The average molecular weight is 210 g/mol. The van der Waals surface area contributed by atoms with Crippen LogP contribution in [0.2, 0.25) is 0 Å². The highest BCUT2D eigenvalue weighted by molar-refractivity contribution is 7.53. The largest absolute Gasteiger partial charge is 0.469 e. The van der Waals surface area contributed by atoms with E-state index in [1.165, 1.54) is 14.2 Å². The summed E-state index contributed by atoms with van der Waals surface area (Å²) in [5.74, 6) is -0.419. The van der Waals surface area contributed by atoms with Crippen LogP contribution in [0.25, 0.3) is 0 Å². The molecule has 1 unspecified atom stereocenters. The van der Waals surface area contributed by atoms with Crippen molar-refractivity contribution < 1.29 is 23.1 Å². The van der Waals surface area contributed by atoms with Gasteiger partial charge in [0.1, 0.15) is 0 Å². The molecular formula is C7H15O5P. The molecule has 0 aromatic heterocycles. The van der Waals surface area contributed by atoms with Gasteiger partial charge < -0.3 is 13.8 Å². The number of esters is 1. The van der Waals surface area contributed by atoms with Crippen molar-refractivity contribution in [1.82, 2.24) is 0 Å². The Morgan fingerprint density at radius 1 is 1.38 bits per heavy atom. The summed E-state index contributed by atoms with van der Waals surface area (Å²) in [7, 11) is -0.490. The van der Waals surface area contributed by atoms with Crippen LogP contribution in [0.15, 0.2) is 0 Å². The molecule has 0 aromatic carbocycles. The second-order valence-electron chi connectivity index (χ2n) is 2.26. The Hall–Kier alpha value is -0.380. The zero-order valence-electron chi connectivity index (χ0n) is 8.11. The number of carbonyl (C=O) groups is 1. The Bertz CT molecular complexity index is 203. The Kier molecular flexibility index (Phi) is 5.95. The topological polar surface area (TPSA) is 61.8 Å². The van der Waals surface area contributed by atoms with Crippen LogP contribution in [0.5, 0.6) is 0 Å². The summed E-state index contributed by atoms with van der Waals surface area (Å²) in [5.41, 5.74) is 0. The third-order valence-corrected chi connectivity index (χ3v) is 3.40. The lowest BCUT2D eigenvalue weighted by Gasteiger charge is -2.13. The van der Waals surface area contributed by atoms with Crippen molar-refractivity contribution in [2.45, 2.75) is 13.3 Å². The summed E-state index contributed by atoms with van der Waals surface area (Å²) in [6, 6.07) is 0. The molecular weight excluding hydrogens is 195 g/mol. The standard InChI is InChI=1S/C7H15O5P/c1-4-12-13(9,11-3)6-5-7(8)10-2/h4-6H2,1-3H3. The molecule has 78 valence electrons. The molecule has 0 radical (unpaired) electrons. The van der Waals surface area contributed by atoms with Gasteiger partial charge >= 0.3 is 13.6 Å². The van der Waals surface area contributed by atoms with Gasteiger partial charge in [-0.05, 0) is 6.92 Å². The summed E-state index contributed by atoms with van der Waals surface area (Å²) < 4.78 is 25.5. The minimum atomic E-state index is -3.07. The summed E-state index contributed by atoms with van der Waals surface area (Å²) in [5, 5.41) is 0. The third kappa shape index (κ3) is 5.03. The zero-order chi connectivity index (χ0) is 10.3. The molecule has 0 aliphatic carbocycles. The lowest BCUT2D eigenvalue weighted by atomic mass is 10.5. The minimum Gasteiger partial charge on any atom is -0.469 e. The van der Waals surface area contributed by atoms with Gasteiger partial charge in [0.05, 0.1) is 26.3 Å². The van der Waals surface area contributed by atoms with Gasteiger partial charge in [-0.2, -0.15) is 0 Å². The number of carbonyl (C=O) groups excluding carboxylic acids is 1. The van der Waals surface area contributed by atoms with E-state index in [4.69, 9.17) is 9.05 Å².